The maximum atomic E-state index is 13.8. The number of ether oxygens (including phenoxy) is 3. The zero-order valence-corrected chi connectivity index (χ0v) is 19.7. The van der Waals surface area contributed by atoms with Crippen LogP contribution in [0.2, 0.25) is 0 Å². The molecule has 2 aliphatic heterocycles. The molecule has 1 aliphatic carbocycles. The molecule has 1 aromatic carbocycles. The van der Waals surface area contributed by atoms with Gasteiger partial charge in [-0.25, -0.2) is 0 Å². The first-order chi connectivity index (χ1) is 15.1. The van der Waals surface area contributed by atoms with E-state index < -0.39 is 23.6 Å². The third-order valence-corrected chi connectivity index (χ3v) is 7.12. The second-order valence-corrected chi connectivity index (χ2v) is 9.95. The third kappa shape index (κ3) is 3.44. The Morgan fingerprint density at radius 2 is 1.94 bits per heavy atom. The molecule has 5 unspecified atom stereocenters. The van der Waals surface area contributed by atoms with Gasteiger partial charge in [-0.1, -0.05) is 32.9 Å². The Labute approximate surface area is 189 Å². The number of esters is 1. The summed E-state index contributed by atoms with van der Waals surface area (Å²) in [5.41, 5.74) is 2.08. The van der Waals surface area contributed by atoms with E-state index in [1.807, 2.05) is 33.8 Å². The largest absolute Gasteiger partial charge is 0.478 e. The number of allylic oxidation sites excluding steroid dienone is 2. The summed E-state index contributed by atoms with van der Waals surface area (Å²) < 4.78 is 18.3. The maximum absolute atomic E-state index is 13.8. The van der Waals surface area contributed by atoms with Gasteiger partial charge < -0.3 is 14.2 Å². The van der Waals surface area contributed by atoms with Crippen molar-refractivity contribution in [3.63, 3.8) is 0 Å². The molecule has 6 heteroatoms. The number of carbonyl (C=O) groups excluding carboxylic acids is 3. The van der Waals surface area contributed by atoms with Gasteiger partial charge in [0.25, 0.3) is 5.78 Å². The summed E-state index contributed by atoms with van der Waals surface area (Å²) in [4.78, 5) is 39.2. The topological polar surface area (TPSA) is 78.9 Å². The van der Waals surface area contributed by atoms with Gasteiger partial charge in [0.05, 0.1) is 5.56 Å². The minimum absolute atomic E-state index is 0.0727. The number of aryl methyl sites for hydroxylation is 1. The maximum Gasteiger partial charge on any atom is 0.357 e. The van der Waals surface area contributed by atoms with Crippen molar-refractivity contribution in [2.75, 3.05) is 0 Å². The fraction of sp³-hybridized carbons (Fsp3) is 0.577. The number of fused-ring (bicyclic) bond motifs is 2. The predicted octanol–water partition coefficient (Wildman–Crippen LogP) is 4.78. The smallest absolute Gasteiger partial charge is 0.357 e. The summed E-state index contributed by atoms with van der Waals surface area (Å²) >= 11 is 0. The lowest BCUT2D eigenvalue weighted by atomic mass is 9.75. The van der Waals surface area contributed by atoms with Gasteiger partial charge >= 0.3 is 11.8 Å². The number of carbonyl (C=O) groups is 3. The van der Waals surface area contributed by atoms with Crippen molar-refractivity contribution in [1.82, 2.24) is 0 Å². The van der Waals surface area contributed by atoms with Crippen LogP contribution in [-0.2, 0) is 19.1 Å². The number of benzene rings is 1. The predicted molar refractivity (Wildman–Crippen MR) is 118 cm³/mol. The highest BCUT2D eigenvalue weighted by atomic mass is 16.7. The third-order valence-electron chi connectivity index (χ3n) is 7.12. The molecule has 32 heavy (non-hydrogen) atoms. The van der Waals surface area contributed by atoms with Crippen LogP contribution in [0.15, 0.2) is 29.5 Å². The molecule has 0 saturated heterocycles. The normalized spacial score (nSPS) is 31.2. The van der Waals surface area contributed by atoms with Crippen molar-refractivity contribution < 1.29 is 28.6 Å². The summed E-state index contributed by atoms with van der Waals surface area (Å²) in [7, 11) is 0. The fourth-order valence-corrected chi connectivity index (χ4v) is 5.71. The van der Waals surface area contributed by atoms with Crippen molar-refractivity contribution in [1.29, 1.82) is 0 Å². The first-order valence-electron chi connectivity index (χ1n) is 11.5. The first-order valence-corrected chi connectivity index (χ1v) is 11.5. The minimum atomic E-state index is -1.94. The molecule has 0 amide bonds. The second-order valence-electron chi connectivity index (χ2n) is 9.95. The van der Waals surface area contributed by atoms with E-state index in [0.717, 1.165) is 24.0 Å². The van der Waals surface area contributed by atoms with E-state index in [2.05, 4.69) is 6.92 Å². The van der Waals surface area contributed by atoms with Crippen LogP contribution in [0, 0.1) is 30.6 Å². The molecule has 4 rings (SSSR count). The fourth-order valence-electron chi connectivity index (χ4n) is 5.71. The number of ketones is 2. The van der Waals surface area contributed by atoms with Gasteiger partial charge in [-0.2, -0.15) is 0 Å². The van der Waals surface area contributed by atoms with E-state index in [9.17, 15) is 14.4 Å². The molecule has 1 aromatic rings. The van der Waals surface area contributed by atoms with Crippen LogP contribution in [0.5, 0.6) is 5.75 Å². The second kappa shape index (κ2) is 8.05. The highest BCUT2D eigenvalue weighted by Crippen LogP contribution is 2.54. The van der Waals surface area contributed by atoms with Crippen LogP contribution in [0.1, 0.15) is 69.8 Å². The lowest BCUT2D eigenvalue weighted by Crippen LogP contribution is -2.60. The van der Waals surface area contributed by atoms with Crippen LogP contribution in [-0.4, -0.2) is 29.4 Å². The molecular weight excluding hydrogens is 408 g/mol. The molecule has 0 bridgehead atoms. The quantitative estimate of drug-likeness (QED) is 0.613. The Bertz CT molecular complexity index is 1010. The Morgan fingerprint density at radius 1 is 1.22 bits per heavy atom. The van der Waals surface area contributed by atoms with Crippen molar-refractivity contribution in [3.8, 4) is 5.75 Å². The van der Waals surface area contributed by atoms with Crippen molar-refractivity contribution >= 4 is 17.5 Å². The van der Waals surface area contributed by atoms with Gasteiger partial charge in [-0.15, -0.1) is 0 Å². The molecule has 5 atom stereocenters. The lowest BCUT2D eigenvalue weighted by Gasteiger charge is -2.44. The molecule has 0 N–H and O–H groups in total. The average molecular weight is 441 g/mol. The summed E-state index contributed by atoms with van der Waals surface area (Å²) in [6.07, 6.45) is 1.28. The van der Waals surface area contributed by atoms with Gasteiger partial charge in [0, 0.05) is 19.3 Å². The zero-order chi connectivity index (χ0) is 23.4. The van der Waals surface area contributed by atoms with Crippen LogP contribution >= 0.6 is 0 Å². The number of hydrogen-bond acceptors (Lipinski definition) is 6. The van der Waals surface area contributed by atoms with Crippen LogP contribution in [0.4, 0.5) is 0 Å². The monoisotopic (exact) mass is 440 g/mol. The minimum Gasteiger partial charge on any atom is -0.478 e. The Kier molecular flexibility index (Phi) is 5.68. The number of rotatable bonds is 5. The summed E-state index contributed by atoms with van der Waals surface area (Å²) in [6, 6.07) is 5.33. The summed E-state index contributed by atoms with van der Waals surface area (Å²) in [5.74, 6) is -2.04. The van der Waals surface area contributed by atoms with E-state index in [4.69, 9.17) is 14.2 Å². The highest BCUT2D eigenvalue weighted by Gasteiger charge is 2.65. The lowest BCUT2D eigenvalue weighted by molar-refractivity contribution is -0.222. The molecule has 0 radical (unpaired) electrons. The van der Waals surface area contributed by atoms with Crippen LogP contribution in [0.25, 0.3) is 0 Å². The Hall–Kier alpha value is -2.63. The van der Waals surface area contributed by atoms with E-state index in [1.165, 1.54) is 6.92 Å². The van der Waals surface area contributed by atoms with E-state index >= 15 is 0 Å². The molecule has 0 spiro atoms. The van der Waals surface area contributed by atoms with E-state index in [-0.39, 0.29) is 29.5 Å². The van der Waals surface area contributed by atoms with Crippen LogP contribution < -0.4 is 4.74 Å². The molecule has 2 heterocycles. The molecule has 3 aliphatic rings. The number of Topliss-reactive ketones (excluding diaryl/α,β-unsaturated/α-hetero) is 2. The summed E-state index contributed by atoms with van der Waals surface area (Å²) in [6.45, 7) is 11.1. The molecule has 6 nitrogen and oxygen atoms in total. The number of hydrogen-bond donors (Lipinski definition) is 0. The Balaban J connectivity index is 1.84. The zero-order valence-electron chi connectivity index (χ0n) is 19.7. The van der Waals surface area contributed by atoms with E-state index in [0.29, 0.717) is 23.5 Å². The van der Waals surface area contributed by atoms with Gasteiger partial charge in [0.2, 0.25) is 0 Å². The standard InChI is InChI=1S/C26H32O6/c1-13(2)12-19(28)23-16(5)18-11-10-15(4)21(18)25(30-23)26(31-17(6)27)24(29)22-14(3)8-7-9-20(22)32-26/h7-9,13,15,18,21,25H,10-12H2,1-6H3. The van der Waals surface area contributed by atoms with Gasteiger partial charge in [0.1, 0.15) is 5.75 Å². The van der Waals surface area contributed by atoms with E-state index in [1.54, 1.807) is 12.1 Å². The van der Waals surface area contributed by atoms with Crippen molar-refractivity contribution in [3.05, 3.63) is 40.7 Å². The SMILES string of the molecule is CC(=O)OC1(C2OC(C(=O)CC(C)C)=C(C)C3CCC(C)C32)Oc2cccc(C)c2C1=O. The average Bonchev–Trinajstić information content (AvgIpc) is 3.21. The van der Waals surface area contributed by atoms with Crippen LogP contribution in [0.3, 0.4) is 0 Å². The van der Waals surface area contributed by atoms with Gasteiger partial charge in [0.15, 0.2) is 17.6 Å². The summed E-state index contributed by atoms with van der Waals surface area (Å²) in [5, 5.41) is 0. The van der Waals surface area contributed by atoms with Crippen molar-refractivity contribution in [2.24, 2.45) is 23.7 Å². The Morgan fingerprint density at radius 3 is 2.56 bits per heavy atom. The first kappa shape index (κ1) is 22.6. The van der Waals surface area contributed by atoms with Crippen molar-refractivity contribution in [2.45, 2.75) is 72.7 Å². The molecular formula is C26H32O6. The van der Waals surface area contributed by atoms with Gasteiger partial charge in [-0.3, -0.25) is 14.4 Å². The molecule has 0 aromatic heterocycles. The highest BCUT2D eigenvalue weighted by molar-refractivity contribution is 6.09. The molecule has 172 valence electrons. The molecule has 1 saturated carbocycles. The van der Waals surface area contributed by atoms with Gasteiger partial charge in [-0.05, 0) is 61.6 Å². The molecule has 1 fully saturated rings.